The van der Waals surface area contributed by atoms with Crippen LogP contribution in [-0.2, 0) is 0 Å². The van der Waals surface area contributed by atoms with Gasteiger partial charge in [-0.05, 0) is 30.3 Å². The van der Waals surface area contributed by atoms with Crippen LogP contribution >= 0.6 is 0 Å². The van der Waals surface area contributed by atoms with E-state index in [1.807, 2.05) is 66.7 Å². The number of nitrogens with zero attached hydrogens (tertiary/aromatic N) is 1. The number of halogens is 1. The fourth-order valence-electron chi connectivity index (χ4n) is 4.25. The number of rotatable bonds is 1. The quantitative estimate of drug-likeness (QED) is 0.347. The molecule has 0 amide bonds. The summed E-state index contributed by atoms with van der Waals surface area (Å²) in [5.41, 5.74) is 4.68. The van der Waals surface area contributed by atoms with Crippen molar-refractivity contribution in [3.8, 4) is 5.69 Å². The van der Waals surface area contributed by atoms with Crippen molar-refractivity contribution in [3.63, 3.8) is 0 Å². The third-order valence-electron chi connectivity index (χ3n) is 5.38. The molecular formula is C24H15FN2. The molecule has 128 valence electrons. The molecule has 0 aliphatic heterocycles. The number of hydrogen-bond donors (Lipinski definition) is 1. The SMILES string of the molecule is Fc1c2c(cc3c1c1ccccc1n3-c1ccccc1)[nH]c1ccccc12. The molecule has 0 unspecified atom stereocenters. The lowest BCUT2D eigenvalue weighted by molar-refractivity contribution is 0.653. The van der Waals surface area contributed by atoms with Crippen LogP contribution in [0.4, 0.5) is 4.39 Å². The number of aromatic nitrogens is 2. The average Bonchev–Trinajstić information content (AvgIpc) is 3.24. The molecule has 4 aromatic carbocycles. The summed E-state index contributed by atoms with van der Waals surface area (Å²) in [7, 11) is 0. The Bertz CT molecular complexity index is 1470. The van der Waals surface area contributed by atoms with Gasteiger partial charge in [0.05, 0.1) is 16.6 Å². The van der Waals surface area contributed by atoms with E-state index in [4.69, 9.17) is 0 Å². The van der Waals surface area contributed by atoms with E-state index < -0.39 is 0 Å². The second-order valence-electron chi connectivity index (χ2n) is 6.87. The first-order valence-corrected chi connectivity index (χ1v) is 9.00. The van der Waals surface area contributed by atoms with Gasteiger partial charge in [-0.2, -0.15) is 0 Å². The molecule has 0 bridgehead atoms. The van der Waals surface area contributed by atoms with Crippen molar-refractivity contribution in [2.45, 2.75) is 0 Å². The minimum absolute atomic E-state index is 0.161. The van der Waals surface area contributed by atoms with Crippen molar-refractivity contribution in [2.75, 3.05) is 0 Å². The van der Waals surface area contributed by atoms with Gasteiger partial charge in [0.2, 0.25) is 0 Å². The van der Waals surface area contributed by atoms with Gasteiger partial charge in [-0.25, -0.2) is 4.39 Å². The lowest BCUT2D eigenvalue weighted by atomic mass is 10.1. The summed E-state index contributed by atoms with van der Waals surface area (Å²) in [5, 5.41) is 3.19. The van der Waals surface area contributed by atoms with E-state index in [1.165, 1.54) is 0 Å². The summed E-state index contributed by atoms with van der Waals surface area (Å²) in [6.45, 7) is 0. The Hall–Kier alpha value is -3.59. The summed E-state index contributed by atoms with van der Waals surface area (Å²) >= 11 is 0. The summed E-state index contributed by atoms with van der Waals surface area (Å²) in [4.78, 5) is 3.38. The Balaban J connectivity index is 1.90. The van der Waals surface area contributed by atoms with E-state index in [-0.39, 0.29) is 5.82 Å². The number of aromatic amines is 1. The highest BCUT2D eigenvalue weighted by molar-refractivity contribution is 6.18. The molecule has 2 nitrogen and oxygen atoms in total. The maximum Gasteiger partial charge on any atom is 0.143 e. The number of nitrogens with one attached hydrogen (secondary N) is 1. The van der Waals surface area contributed by atoms with Crippen LogP contribution in [-0.4, -0.2) is 9.55 Å². The largest absolute Gasteiger partial charge is 0.354 e. The third kappa shape index (κ3) is 1.88. The molecule has 6 aromatic rings. The lowest BCUT2D eigenvalue weighted by Crippen LogP contribution is -1.93. The van der Waals surface area contributed by atoms with Gasteiger partial charge in [0.15, 0.2) is 0 Å². The third-order valence-corrected chi connectivity index (χ3v) is 5.38. The van der Waals surface area contributed by atoms with Gasteiger partial charge in [0.1, 0.15) is 5.82 Å². The van der Waals surface area contributed by atoms with Gasteiger partial charge < -0.3 is 9.55 Å². The highest BCUT2D eigenvalue weighted by atomic mass is 19.1. The molecule has 3 heteroatoms. The van der Waals surface area contributed by atoms with Crippen molar-refractivity contribution in [1.82, 2.24) is 9.55 Å². The van der Waals surface area contributed by atoms with E-state index >= 15 is 4.39 Å². The number of hydrogen-bond acceptors (Lipinski definition) is 0. The van der Waals surface area contributed by atoms with E-state index in [2.05, 4.69) is 27.8 Å². The Morgan fingerprint density at radius 1 is 0.630 bits per heavy atom. The predicted molar refractivity (Wildman–Crippen MR) is 110 cm³/mol. The smallest absolute Gasteiger partial charge is 0.143 e. The summed E-state index contributed by atoms with van der Waals surface area (Å²) in [6.07, 6.45) is 0. The minimum atomic E-state index is -0.161. The number of fused-ring (bicyclic) bond motifs is 6. The average molecular weight is 350 g/mol. The van der Waals surface area contributed by atoms with Crippen LogP contribution in [0.5, 0.6) is 0 Å². The molecule has 1 N–H and O–H groups in total. The Labute approximate surface area is 154 Å². The molecule has 0 atom stereocenters. The maximum atomic E-state index is 15.9. The maximum absolute atomic E-state index is 15.9. The topological polar surface area (TPSA) is 20.7 Å². The number of H-pyrrole nitrogens is 1. The second kappa shape index (κ2) is 5.21. The summed E-state index contributed by atoms with van der Waals surface area (Å²) in [5.74, 6) is -0.161. The molecule has 2 heterocycles. The zero-order valence-electron chi connectivity index (χ0n) is 14.4. The van der Waals surface area contributed by atoms with Gasteiger partial charge >= 0.3 is 0 Å². The van der Waals surface area contributed by atoms with Gasteiger partial charge in [-0.1, -0.05) is 54.6 Å². The van der Waals surface area contributed by atoms with Crippen molar-refractivity contribution in [2.24, 2.45) is 0 Å². The molecule has 0 saturated carbocycles. The zero-order chi connectivity index (χ0) is 18.0. The fourth-order valence-corrected chi connectivity index (χ4v) is 4.25. The molecule has 0 saturated heterocycles. The highest BCUT2D eigenvalue weighted by Gasteiger charge is 2.20. The van der Waals surface area contributed by atoms with Crippen LogP contribution in [0, 0.1) is 5.82 Å². The molecule has 0 aliphatic rings. The Morgan fingerprint density at radius 3 is 2.19 bits per heavy atom. The molecule has 2 aromatic heterocycles. The monoisotopic (exact) mass is 350 g/mol. The molecule has 0 fully saturated rings. The van der Waals surface area contributed by atoms with Gasteiger partial charge in [-0.15, -0.1) is 0 Å². The van der Waals surface area contributed by atoms with Gasteiger partial charge in [-0.3, -0.25) is 0 Å². The van der Waals surface area contributed by atoms with Gasteiger partial charge in [0.25, 0.3) is 0 Å². The van der Waals surface area contributed by atoms with Crippen LogP contribution in [0.25, 0.3) is 49.3 Å². The van der Waals surface area contributed by atoms with Crippen LogP contribution in [0.1, 0.15) is 0 Å². The second-order valence-corrected chi connectivity index (χ2v) is 6.87. The Morgan fingerprint density at radius 2 is 1.33 bits per heavy atom. The first-order valence-electron chi connectivity index (χ1n) is 9.00. The van der Waals surface area contributed by atoms with Crippen LogP contribution in [0.3, 0.4) is 0 Å². The van der Waals surface area contributed by atoms with E-state index in [0.29, 0.717) is 10.8 Å². The fraction of sp³-hybridized carbons (Fsp3) is 0. The van der Waals surface area contributed by atoms with E-state index in [1.54, 1.807) is 0 Å². The predicted octanol–water partition coefficient (Wildman–Crippen LogP) is 6.56. The van der Waals surface area contributed by atoms with E-state index in [9.17, 15) is 0 Å². The number of para-hydroxylation sites is 3. The zero-order valence-corrected chi connectivity index (χ0v) is 14.4. The molecule has 0 radical (unpaired) electrons. The highest BCUT2D eigenvalue weighted by Crippen LogP contribution is 2.39. The van der Waals surface area contributed by atoms with Crippen molar-refractivity contribution < 1.29 is 4.39 Å². The summed E-state index contributed by atoms with van der Waals surface area (Å²) < 4.78 is 18.0. The van der Waals surface area contributed by atoms with Crippen molar-refractivity contribution in [1.29, 1.82) is 0 Å². The van der Waals surface area contributed by atoms with Crippen LogP contribution in [0.2, 0.25) is 0 Å². The normalized spacial score (nSPS) is 11.9. The molecule has 0 spiro atoms. The molecule has 0 aliphatic carbocycles. The lowest BCUT2D eigenvalue weighted by Gasteiger charge is -2.07. The van der Waals surface area contributed by atoms with E-state index in [0.717, 1.165) is 38.5 Å². The van der Waals surface area contributed by atoms with Crippen molar-refractivity contribution >= 4 is 43.6 Å². The molecule has 27 heavy (non-hydrogen) atoms. The number of benzene rings is 4. The minimum Gasteiger partial charge on any atom is -0.354 e. The van der Waals surface area contributed by atoms with Crippen LogP contribution in [0.15, 0.2) is 84.9 Å². The van der Waals surface area contributed by atoms with Gasteiger partial charge in [0, 0.05) is 32.7 Å². The van der Waals surface area contributed by atoms with Crippen molar-refractivity contribution in [3.05, 3.63) is 90.7 Å². The first-order chi connectivity index (χ1) is 13.3. The molecule has 6 rings (SSSR count). The standard InChI is InChI=1S/C24H15FN2/c25-24-22-16-10-4-6-12-18(16)26-19(22)14-21-23(24)17-11-5-7-13-20(17)27(21)15-8-2-1-3-9-15/h1-14,26H. The summed E-state index contributed by atoms with van der Waals surface area (Å²) in [6, 6.07) is 28.1. The first kappa shape index (κ1) is 14.6. The molecular weight excluding hydrogens is 335 g/mol. The Kier molecular flexibility index (Phi) is 2.81. The van der Waals surface area contributed by atoms with Crippen LogP contribution < -0.4 is 0 Å².